The summed E-state index contributed by atoms with van der Waals surface area (Å²) in [5, 5.41) is 6.71. The molecule has 174 valence electrons. The summed E-state index contributed by atoms with van der Waals surface area (Å²) in [6.07, 6.45) is 1.10. The Morgan fingerprint density at radius 2 is 2.03 bits per heavy atom. The molecule has 1 aromatic heterocycles. The van der Waals surface area contributed by atoms with Crippen molar-refractivity contribution in [1.29, 1.82) is 0 Å². The first-order chi connectivity index (χ1) is 15.7. The van der Waals surface area contributed by atoms with Crippen LogP contribution in [0.25, 0.3) is 11.4 Å². The summed E-state index contributed by atoms with van der Waals surface area (Å²) in [7, 11) is -3.96. The largest absolute Gasteiger partial charge is 0.352 e. The lowest BCUT2D eigenvalue weighted by atomic mass is 9.99. The number of carbonyl (C=O) groups is 1. The number of halogens is 2. The summed E-state index contributed by atoms with van der Waals surface area (Å²) in [6.45, 7) is 2.20. The van der Waals surface area contributed by atoms with E-state index in [1.807, 2.05) is 0 Å². The van der Waals surface area contributed by atoms with E-state index >= 15 is 0 Å². The van der Waals surface area contributed by atoms with Crippen molar-refractivity contribution in [3.63, 3.8) is 0 Å². The molecule has 2 heterocycles. The van der Waals surface area contributed by atoms with Gasteiger partial charge in [-0.05, 0) is 48.7 Å². The molecule has 0 radical (unpaired) electrons. The van der Waals surface area contributed by atoms with Crippen LogP contribution in [0.2, 0.25) is 5.02 Å². The van der Waals surface area contributed by atoms with Crippen molar-refractivity contribution < 1.29 is 22.1 Å². The number of nitrogens with one attached hydrogen (secondary N) is 1. The maximum atomic E-state index is 13.4. The van der Waals surface area contributed by atoms with Crippen LogP contribution in [0.1, 0.15) is 24.3 Å². The average Bonchev–Trinajstić information content (AvgIpc) is 3.25. The molecule has 1 fully saturated rings. The molecule has 1 N–H and O–H groups in total. The van der Waals surface area contributed by atoms with Crippen molar-refractivity contribution in [1.82, 2.24) is 19.8 Å². The topological polar surface area (TPSA) is 105 Å². The highest BCUT2D eigenvalue weighted by Gasteiger charge is 2.34. The normalized spacial score (nSPS) is 17.1. The minimum absolute atomic E-state index is 0.0411. The summed E-state index contributed by atoms with van der Waals surface area (Å²) in [4.78, 5) is 16.8. The SMILES string of the molecule is Cc1nc(-c2ccc(Cl)c(S(=O)(=O)N3CCC[C@@H](C(=O)NCc4ccc(F)cc4)C3)c2)no1. The second kappa shape index (κ2) is 9.58. The molecule has 33 heavy (non-hydrogen) atoms. The van der Waals surface area contributed by atoms with Crippen LogP contribution < -0.4 is 5.32 Å². The Morgan fingerprint density at radius 3 is 2.73 bits per heavy atom. The first-order valence-corrected chi connectivity index (χ1v) is 12.2. The van der Waals surface area contributed by atoms with Gasteiger partial charge in [-0.2, -0.15) is 9.29 Å². The van der Waals surface area contributed by atoms with Gasteiger partial charge < -0.3 is 9.84 Å². The molecule has 2 aromatic carbocycles. The van der Waals surface area contributed by atoms with E-state index in [4.69, 9.17) is 16.1 Å². The average molecular weight is 493 g/mol. The van der Waals surface area contributed by atoms with Crippen molar-refractivity contribution in [2.24, 2.45) is 5.92 Å². The van der Waals surface area contributed by atoms with Gasteiger partial charge in [0.2, 0.25) is 27.6 Å². The van der Waals surface area contributed by atoms with Crippen molar-refractivity contribution in [2.75, 3.05) is 13.1 Å². The Bertz CT molecular complexity index is 1260. The second-order valence-corrected chi connectivity index (χ2v) is 10.1. The predicted octanol–water partition coefficient (Wildman–Crippen LogP) is 3.55. The number of aromatic nitrogens is 2. The van der Waals surface area contributed by atoms with Crippen molar-refractivity contribution in [3.8, 4) is 11.4 Å². The number of nitrogens with zero attached hydrogens (tertiary/aromatic N) is 3. The molecule has 8 nitrogen and oxygen atoms in total. The van der Waals surface area contributed by atoms with Gasteiger partial charge in [0.15, 0.2) is 0 Å². The Hall–Kier alpha value is -2.82. The zero-order chi connectivity index (χ0) is 23.6. The lowest BCUT2D eigenvalue weighted by molar-refractivity contribution is -0.126. The molecule has 1 aliphatic rings. The standard InChI is InChI=1S/C22H22ClFN4O4S/c1-14-26-21(27-32-14)16-6-9-19(23)20(11-16)33(30,31)28-10-2-3-17(13-28)22(29)25-12-15-4-7-18(24)8-5-15/h4-9,11,17H,2-3,10,12-13H2,1H3,(H,25,29)/t17-/m1/s1. The number of rotatable bonds is 6. The number of aryl methyl sites for hydroxylation is 1. The summed E-state index contributed by atoms with van der Waals surface area (Å²) in [5.74, 6) is -0.486. The van der Waals surface area contributed by atoms with E-state index in [1.165, 1.54) is 28.6 Å². The fraction of sp³-hybridized carbons (Fsp3) is 0.318. The lowest BCUT2D eigenvalue weighted by Crippen LogP contribution is -2.45. The number of carbonyl (C=O) groups excluding carboxylic acids is 1. The molecule has 1 atom stereocenters. The summed E-state index contributed by atoms with van der Waals surface area (Å²) >= 11 is 6.24. The third kappa shape index (κ3) is 5.23. The molecule has 11 heteroatoms. The lowest BCUT2D eigenvalue weighted by Gasteiger charge is -2.31. The fourth-order valence-corrected chi connectivity index (χ4v) is 5.73. The predicted molar refractivity (Wildman–Crippen MR) is 119 cm³/mol. The van der Waals surface area contributed by atoms with Gasteiger partial charge >= 0.3 is 0 Å². The minimum atomic E-state index is -3.96. The van der Waals surface area contributed by atoms with Gasteiger partial charge in [-0.3, -0.25) is 4.79 Å². The number of sulfonamides is 1. The third-order valence-electron chi connectivity index (χ3n) is 5.47. The van der Waals surface area contributed by atoms with Crippen LogP contribution in [0.3, 0.4) is 0 Å². The first-order valence-electron chi connectivity index (χ1n) is 10.4. The van der Waals surface area contributed by atoms with Crippen LogP contribution in [-0.2, 0) is 21.4 Å². The number of benzene rings is 2. The number of amides is 1. The van der Waals surface area contributed by atoms with Gasteiger partial charge in [-0.15, -0.1) is 0 Å². The molecule has 4 rings (SSSR count). The van der Waals surface area contributed by atoms with Gasteiger partial charge in [-0.25, -0.2) is 12.8 Å². The van der Waals surface area contributed by atoms with Gasteiger partial charge in [-0.1, -0.05) is 28.9 Å². The van der Waals surface area contributed by atoms with Crippen molar-refractivity contribution in [3.05, 3.63) is 64.8 Å². The monoisotopic (exact) mass is 492 g/mol. The van der Waals surface area contributed by atoms with Crippen molar-refractivity contribution >= 4 is 27.5 Å². The summed E-state index contributed by atoms with van der Waals surface area (Å²) < 4.78 is 46.1. The van der Waals surface area contributed by atoms with Gasteiger partial charge in [0.05, 0.1) is 10.9 Å². The third-order valence-corrected chi connectivity index (χ3v) is 7.82. The highest BCUT2D eigenvalue weighted by Crippen LogP contribution is 2.31. The summed E-state index contributed by atoms with van der Waals surface area (Å²) in [5.41, 5.74) is 1.21. The Labute approximate surface area is 195 Å². The van der Waals surface area contributed by atoms with Gasteiger partial charge in [0, 0.05) is 32.1 Å². The zero-order valence-electron chi connectivity index (χ0n) is 17.8. The van der Waals surface area contributed by atoms with Crippen molar-refractivity contribution in [2.45, 2.75) is 31.2 Å². The van der Waals surface area contributed by atoms with Crippen LogP contribution >= 0.6 is 11.6 Å². The quantitative estimate of drug-likeness (QED) is 0.564. The van der Waals surface area contributed by atoms with Crippen LogP contribution in [0.15, 0.2) is 51.9 Å². The molecule has 0 bridgehead atoms. The maximum absolute atomic E-state index is 13.4. The molecule has 1 saturated heterocycles. The van der Waals surface area contributed by atoms with Crippen LogP contribution in [-0.4, -0.2) is 41.9 Å². The van der Waals surface area contributed by atoms with E-state index in [1.54, 1.807) is 25.1 Å². The summed E-state index contributed by atoms with van der Waals surface area (Å²) in [6, 6.07) is 10.3. The van der Waals surface area contributed by atoms with Crippen LogP contribution in [0, 0.1) is 18.7 Å². The highest BCUT2D eigenvalue weighted by atomic mass is 35.5. The minimum Gasteiger partial charge on any atom is -0.352 e. The second-order valence-electron chi connectivity index (χ2n) is 7.83. The number of piperidine rings is 1. The smallest absolute Gasteiger partial charge is 0.244 e. The van der Waals surface area contributed by atoms with Crippen LogP contribution in [0.4, 0.5) is 4.39 Å². The molecular weight excluding hydrogens is 471 g/mol. The molecule has 1 amide bonds. The first kappa shape index (κ1) is 23.3. The molecule has 1 aliphatic heterocycles. The maximum Gasteiger partial charge on any atom is 0.244 e. The molecular formula is C22H22ClFN4O4S. The molecule has 0 saturated carbocycles. The van der Waals surface area contributed by atoms with Crippen LogP contribution in [0.5, 0.6) is 0 Å². The van der Waals surface area contributed by atoms with Gasteiger partial charge in [0.1, 0.15) is 10.7 Å². The fourth-order valence-electron chi connectivity index (χ4n) is 3.71. The Morgan fingerprint density at radius 1 is 1.27 bits per heavy atom. The van der Waals surface area contributed by atoms with E-state index in [0.29, 0.717) is 24.3 Å². The van der Waals surface area contributed by atoms with E-state index < -0.39 is 15.9 Å². The molecule has 0 unspecified atom stereocenters. The molecule has 3 aromatic rings. The highest BCUT2D eigenvalue weighted by molar-refractivity contribution is 7.89. The molecule has 0 aliphatic carbocycles. The zero-order valence-corrected chi connectivity index (χ0v) is 19.4. The van der Waals surface area contributed by atoms with E-state index in [-0.39, 0.29) is 47.1 Å². The number of hydrogen-bond acceptors (Lipinski definition) is 6. The molecule has 0 spiro atoms. The van der Waals surface area contributed by atoms with Gasteiger partial charge in [0.25, 0.3) is 0 Å². The van der Waals surface area contributed by atoms with E-state index in [9.17, 15) is 17.6 Å². The Balaban J connectivity index is 1.49. The Kier molecular flexibility index (Phi) is 6.78. The number of hydrogen-bond donors (Lipinski definition) is 1. The van der Waals surface area contributed by atoms with E-state index in [2.05, 4.69) is 15.5 Å². The van der Waals surface area contributed by atoms with E-state index in [0.717, 1.165) is 5.56 Å².